The van der Waals surface area contributed by atoms with Crippen molar-refractivity contribution in [2.24, 2.45) is 0 Å². The molecule has 1 heterocycles. The van der Waals surface area contributed by atoms with Crippen molar-refractivity contribution in [3.8, 4) is 0 Å². The zero-order chi connectivity index (χ0) is 21.0. The number of hydrogen-bond acceptors (Lipinski definition) is 3. The number of nitrogens with zero attached hydrogens (tertiary/aromatic N) is 2. The first-order chi connectivity index (χ1) is 13.6. The van der Waals surface area contributed by atoms with E-state index in [1.54, 1.807) is 30.3 Å². The highest BCUT2D eigenvalue weighted by Gasteiger charge is 2.33. The molecule has 0 aliphatic carbocycles. The summed E-state index contributed by atoms with van der Waals surface area (Å²) in [5, 5.41) is 6.17. The topological polar surface area (TPSA) is 64.0 Å². The maximum atomic E-state index is 13.0. The van der Waals surface area contributed by atoms with Crippen LogP contribution in [0.2, 0.25) is 10.0 Å². The first-order valence-electron chi connectivity index (χ1n) is 8.02. The van der Waals surface area contributed by atoms with Gasteiger partial charge in [0.25, 0.3) is 10.0 Å². The smallest absolute Gasteiger partial charge is 0.200 e. The van der Waals surface area contributed by atoms with E-state index in [9.17, 15) is 21.6 Å². The number of hydrogen-bond donors (Lipinski definition) is 1. The molecule has 0 spiro atoms. The molecule has 0 bridgehead atoms. The van der Waals surface area contributed by atoms with Gasteiger partial charge < -0.3 is 0 Å². The van der Waals surface area contributed by atoms with Crippen LogP contribution in [0, 0.1) is 0 Å². The van der Waals surface area contributed by atoms with E-state index in [4.69, 9.17) is 23.2 Å². The van der Waals surface area contributed by atoms with Gasteiger partial charge in [0.1, 0.15) is 10.4 Å². The molecule has 1 N–H and O–H groups in total. The van der Waals surface area contributed by atoms with Gasteiger partial charge in [0, 0.05) is 15.8 Å². The molecule has 29 heavy (non-hydrogen) atoms. The van der Waals surface area contributed by atoms with Gasteiger partial charge in [-0.25, -0.2) is 0 Å². The molecule has 0 saturated heterocycles. The van der Waals surface area contributed by atoms with Gasteiger partial charge >= 0.3 is 6.18 Å². The van der Waals surface area contributed by atoms with Gasteiger partial charge in [-0.05, 0) is 35.7 Å². The summed E-state index contributed by atoms with van der Waals surface area (Å²) in [4.78, 5) is 2.45. The maximum absolute atomic E-state index is 13.0. The van der Waals surface area contributed by atoms with Crippen molar-refractivity contribution in [2.45, 2.75) is 11.1 Å². The van der Waals surface area contributed by atoms with Crippen molar-refractivity contribution in [3.05, 3.63) is 70.3 Å². The van der Waals surface area contributed by atoms with Gasteiger partial charge in [-0.2, -0.15) is 36.3 Å². The van der Waals surface area contributed by atoms with E-state index in [0.29, 0.717) is 33.4 Å². The highest BCUT2D eigenvalue weighted by molar-refractivity contribution is 7.92. The Morgan fingerprint density at radius 1 is 0.966 bits per heavy atom. The fourth-order valence-electron chi connectivity index (χ4n) is 2.94. The first-order valence-corrected chi connectivity index (χ1v) is 10.3. The lowest BCUT2D eigenvalue weighted by molar-refractivity contribution is -0.137. The molecular weight excluding hydrogens is 450 g/mol. The van der Waals surface area contributed by atoms with Crippen molar-refractivity contribution < 1.29 is 21.6 Å². The zero-order valence-corrected chi connectivity index (χ0v) is 16.5. The van der Waals surface area contributed by atoms with Crippen molar-refractivity contribution in [1.82, 2.24) is 9.89 Å². The minimum atomic E-state index is -4.72. The van der Waals surface area contributed by atoms with Crippen LogP contribution in [0.25, 0.3) is 21.7 Å². The molecule has 11 heteroatoms. The molecular formula is C18H10Cl2F3N3O2S. The normalized spacial score (nSPS) is 12.6. The molecule has 0 radical (unpaired) electrons. The van der Waals surface area contributed by atoms with Gasteiger partial charge in [-0.15, -0.1) is 0 Å². The summed E-state index contributed by atoms with van der Waals surface area (Å²) in [6.45, 7) is 0. The lowest BCUT2D eigenvalue weighted by atomic mass is 10.1. The number of rotatable bonds is 3. The highest BCUT2D eigenvalue weighted by atomic mass is 35.5. The minimum Gasteiger partial charge on any atom is -0.200 e. The minimum absolute atomic E-state index is 0.349. The van der Waals surface area contributed by atoms with Crippen LogP contribution in [0.4, 0.5) is 13.2 Å². The van der Waals surface area contributed by atoms with Crippen LogP contribution in [-0.4, -0.2) is 18.3 Å². The number of aromatic nitrogens is 2. The third-order valence-electron chi connectivity index (χ3n) is 4.26. The molecule has 0 atom stereocenters. The molecule has 4 rings (SSSR count). The predicted octanol–water partition coefficient (Wildman–Crippen LogP) is 5.45. The van der Waals surface area contributed by atoms with Crippen LogP contribution in [0.3, 0.4) is 0 Å². The summed E-state index contributed by atoms with van der Waals surface area (Å²) in [6.07, 6.45) is -3.29. The summed E-state index contributed by atoms with van der Waals surface area (Å²) in [5.74, 6) is 0. The number of sulfonamides is 1. The number of nitrogens with one attached hydrogen (secondary N) is 1. The summed E-state index contributed by atoms with van der Waals surface area (Å²) >= 11 is 11.9. The Kier molecular flexibility index (Phi) is 4.64. The van der Waals surface area contributed by atoms with Crippen LogP contribution in [0.1, 0.15) is 5.56 Å². The number of halogens is 5. The number of benzene rings is 3. The van der Waals surface area contributed by atoms with E-state index in [2.05, 4.69) is 9.93 Å². The van der Waals surface area contributed by atoms with Crippen LogP contribution >= 0.6 is 23.2 Å². The lowest BCUT2D eigenvalue weighted by Gasteiger charge is -2.13. The van der Waals surface area contributed by atoms with E-state index in [1.807, 2.05) is 0 Å². The molecule has 0 unspecified atom stereocenters. The predicted molar refractivity (Wildman–Crippen MR) is 105 cm³/mol. The van der Waals surface area contributed by atoms with E-state index < -0.39 is 26.7 Å². The molecule has 0 aliphatic rings. The monoisotopic (exact) mass is 459 g/mol. The Morgan fingerprint density at radius 2 is 1.69 bits per heavy atom. The number of alkyl halides is 3. The van der Waals surface area contributed by atoms with Gasteiger partial charge in [0.15, 0.2) is 0 Å². The van der Waals surface area contributed by atoms with Crippen molar-refractivity contribution >= 4 is 54.9 Å². The van der Waals surface area contributed by atoms with Crippen molar-refractivity contribution in [2.75, 3.05) is 4.83 Å². The Balaban J connectivity index is 1.85. The van der Waals surface area contributed by atoms with Gasteiger partial charge in [0.2, 0.25) is 0 Å². The Morgan fingerprint density at radius 3 is 2.41 bits per heavy atom. The van der Waals surface area contributed by atoms with Crippen LogP contribution in [0.15, 0.2) is 59.6 Å². The van der Waals surface area contributed by atoms with Crippen molar-refractivity contribution in [1.29, 1.82) is 0 Å². The summed E-state index contributed by atoms with van der Waals surface area (Å²) < 4.78 is 64.6. The highest BCUT2D eigenvalue weighted by Crippen LogP contribution is 2.34. The molecule has 0 amide bonds. The van der Waals surface area contributed by atoms with Gasteiger partial charge in [-0.3, -0.25) is 0 Å². The second-order valence-electron chi connectivity index (χ2n) is 6.16. The third kappa shape index (κ3) is 3.61. The maximum Gasteiger partial charge on any atom is 0.416 e. The third-order valence-corrected chi connectivity index (χ3v) is 6.27. The fourth-order valence-corrected chi connectivity index (χ4v) is 4.61. The summed E-state index contributed by atoms with van der Waals surface area (Å²) in [7, 11) is -4.47. The summed E-state index contributed by atoms with van der Waals surface area (Å²) in [5.41, 5.74) is -0.710. The Hall–Kier alpha value is -2.49. The van der Waals surface area contributed by atoms with Crippen LogP contribution in [-0.2, 0) is 16.2 Å². The van der Waals surface area contributed by atoms with E-state index in [-0.39, 0.29) is 5.02 Å². The second-order valence-corrected chi connectivity index (χ2v) is 8.64. The lowest BCUT2D eigenvalue weighted by Crippen LogP contribution is -2.25. The molecule has 3 aromatic carbocycles. The first kappa shape index (κ1) is 19.8. The molecule has 0 fully saturated rings. The molecule has 0 aliphatic heterocycles. The zero-order valence-electron chi connectivity index (χ0n) is 14.2. The van der Waals surface area contributed by atoms with Crippen molar-refractivity contribution in [3.63, 3.8) is 0 Å². The average molecular weight is 460 g/mol. The van der Waals surface area contributed by atoms with E-state index in [0.717, 1.165) is 16.2 Å². The number of fused-ring (bicyclic) bond motifs is 3. The van der Waals surface area contributed by atoms with E-state index >= 15 is 0 Å². The molecule has 1 aromatic heterocycles. The van der Waals surface area contributed by atoms with Crippen LogP contribution in [0.5, 0.6) is 0 Å². The van der Waals surface area contributed by atoms with Gasteiger partial charge in [-0.1, -0.05) is 41.4 Å². The standard InChI is InChI=1S/C18H10Cl2F3N3O2S/c19-13-4-5-14-10(7-13)1-2-11-9-24-26(17(11)14)25-29(27,28)16-8-12(18(21,22)23)3-6-15(16)20/h1-9,25H. The SMILES string of the molecule is O=S(=O)(Nn1ncc2ccc3cc(Cl)ccc3c21)c1cc(C(F)(F)F)ccc1Cl. The van der Waals surface area contributed by atoms with E-state index in [1.165, 1.54) is 6.20 Å². The summed E-state index contributed by atoms with van der Waals surface area (Å²) in [6, 6.07) is 10.6. The molecule has 4 aromatic rings. The largest absolute Gasteiger partial charge is 0.416 e. The fraction of sp³-hybridized carbons (Fsp3) is 0.0556. The molecule has 150 valence electrons. The Labute approximate surface area is 172 Å². The van der Waals surface area contributed by atoms with Crippen LogP contribution < -0.4 is 4.83 Å². The molecule has 0 saturated carbocycles. The second kappa shape index (κ2) is 6.79. The van der Waals surface area contributed by atoms with Gasteiger partial charge in [0.05, 0.1) is 16.8 Å². The molecule has 5 nitrogen and oxygen atoms in total. The quantitative estimate of drug-likeness (QED) is 0.443. The average Bonchev–Trinajstić information content (AvgIpc) is 3.03. The Bertz CT molecular complexity index is 1370.